The molecule has 0 fully saturated rings. The molecule has 1 amide bonds. The van der Waals surface area contributed by atoms with Crippen molar-refractivity contribution in [3.63, 3.8) is 0 Å². The first-order valence-corrected chi connectivity index (χ1v) is 10.1. The number of anilines is 1. The molecule has 0 saturated carbocycles. The van der Waals surface area contributed by atoms with E-state index in [4.69, 9.17) is 0 Å². The van der Waals surface area contributed by atoms with Gasteiger partial charge in [0, 0.05) is 25.0 Å². The molecule has 0 saturated heterocycles. The molecule has 0 spiro atoms. The molecule has 8 nitrogen and oxygen atoms in total. The quantitative estimate of drug-likeness (QED) is 0.479. The minimum absolute atomic E-state index is 0.224. The number of carbonyl (C=O) groups excluding carboxylic acids is 1. The zero-order chi connectivity index (χ0) is 22.2. The SMILES string of the molecule is Cc1c(NC(=O)c2cnn3cc(-c4ccccc4)cnc23)c(=O)n(-c2ccccc2)n1C. The number of fused-ring (bicyclic) bond motifs is 1. The lowest BCUT2D eigenvalue weighted by Crippen LogP contribution is -2.23. The zero-order valence-corrected chi connectivity index (χ0v) is 17.6. The molecule has 8 heteroatoms. The van der Waals surface area contributed by atoms with Gasteiger partial charge in [-0.15, -0.1) is 0 Å². The van der Waals surface area contributed by atoms with Crippen molar-refractivity contribution in [3.05, 3.63) is 101 Å². The van der Waals surface area contributed by atoms with Gasteiger partial charge in [-0.1, -0.05) is 48.5 Å². The maximum Gasteiger partial charge on any atom is 0.295 e. The van der Waals surface area contributed by atoms with E-state index in [1.807, 2.05) is 66.9 Å². The van der Waals surface area contributed by atoms with Gasteiger partial charge in [0.25, 0.3) is 11.5 Å². The van der Waals surface area contributed by atoms with Crippen LogP contribution in [0.1, 0.15) is 16.1 Å². The lowest BCUT2D eigenvalue weighted by Gasteiger charge is -2.07. The van der Waals surface area contributed by atoms with E-state index in [0.717, 1.165) is 16.8 Å². The Kier molecular flexibility index (Phi) is 4.67. The molecule has 0 aliphatic heterocycles. The fourth-order valence-electron chi connectivity index (χ4n) is 3.71. The standard InChI is InChI=1S/C24H20N6O2/c1-16-21(24(32)30(28(16)2)19-11-7-4-8-12-19)27-23(31)20-14-26-29-15-18(13-25-22(20)29)17-9-5-3-6-10-17/h3-15H,1-2H3,(H,27,31). The second-order valence-electron chi connectivity index (χ2n) is 7.43. The Morgan fingerprint density at radius 3 is 2.34 bits per heavy atom. The van der Waals surface area contributed by atoms with E-state index >= 15 is 0 Å². The molecule has 3 aromatic heterocycles. The summed E-state index contributed by atoms with van der Waals surface area (Å²) >= 11 is 0. The summed E-state index contributed by atoms with van der Waals surface area (Å²) in [6, 6.07) is 19.1. The molecular formula is C24H20N6O2. The third kappa shape index (κ3) is 3.18. The predicted octanol–water partition coefficient (Wildman–Crippen LogP) is 3.45. The lowest BCUT2D eigenvalue weighted by molar-refractivity contribution is 0.102. The van der Waals surface area contributed by atoms with Crippen molar-refractivity contribution in [1.29, 1.82) is 0 Å². The maximum atomic E-state index is 13.1. The monoisotopic (exact) mass is 424 g/mol. The van der Waals surface area contributed by atoms with Gasteiger partial charge in [0.1, 0.15) is 11.3 Å². The molecule has 0 bridgehead atoms. The van der Waals surface area contributed by atoms with Crippen molar-refractivity contribution >= 4 is 17.2 Å². The highest BCUT2D eigenvalue weighted by molar-refractivity contribution is 6.08. The van der Waals surface area contributed by atoms with Gasteiger partial charge in [-0.05, 0) is 24.6 Å². The lowest BCUT2D eigenvalue weighted by atomic mass is 10.1. The van der Waals surface area contributed by atoms with Crippen LogP contribution >= 0.6 is 0 Å². The van der Waals surface area contributed by atoms with E-state index in [-0.39, 0.29) is 11.2 Å². The van der Waals surface area contributed by atoms with E-state index in [2.05, 4.69) is 15.4 Å². The number of nitrogens with zero attached hydrogens (tertiary/aromatic N) is 5. The van der Waals surface area contributed by atoms with Crippen molar-refractivity contribution in [2.75, 3.05) is 5.32 Å². The van der Waals surface area contributed by atoms with E-state index in [1.165, 1.54) is 10.9 Å². The molecule has 0 aliphatic rings. The third-order valence-electron chi connectivity index (χ3n) is 5.50. The Balaban J connectivity index is 1.49. The number of para-hydroxylation sites is 1. The first-order valence-electron chi connectivity index (χ1n) is 10.1. The fraction of sp³-hybridized carbons (Fsp3) is 0.0833. The van der Waals surface area contributed by atoms with Crippen molar-refractivity contribution in [2.45, 2.75) is 6.92 Å². The van der Waals surface area contributed by atoms with Gasteiger partial charge in [0.2, 0.25) is 0 Å². The van der Waals surface area contributed by atoms with E-state index in [1.54, 1.807) is 29.4 Å². The van der Waals surface area contributed by atoms with E-state index in [0.29, 0.717) is 16.9 Å². The molecule has 2 aromatic carbocycles. The first-order chi connectivity index (χ1) is 15.5. The van der Waals surface area contributed by atoms with Crippen LogP contribution in [0.3, 0.4) is 0 Å². The van der Waals surface area contributed by atoms with Crippen LogP contribution in [0.4, 0.5) is 5.69 Å². The Labute approximate surface area is 183 Å². The molecule has 0 atom stereocenters. The number of hydrogen-bond donors (Lipinski definition) is 1. The topological polar surface area (TPSA) is 86.2 Å². The summed E-state index contributed by atoms with van der Waals surface area (Å²) in [6.45, 7) is 1.79. The minimum atomic E-state index is -0.439. The molecule has 0 radical (unpaired) electrons. The second-order valence-corrected chi connectivity index (χ2v) is 7.43. The summed E-state index contributed by atoms with van der Waals surface area (Å²) in [5.41, 5.74) is 3.87. The van der Waals surface area contributed by atoms with Gasteiger partial charge >= 0.3 is 0 Å². The highest BCUT2D eigenvalue weighted by Gasteiger charge is 2.21. The first kappa shape index (κ1) is 19.5. The molecule has 5 rings (SSSR count). The van der Waals surface area contributed by atoms with Crippen LogP contribution in [0, 0.1) is 6.92 Å². The molecule has 3 heterocycles. The molecule has 0 aliphatic carbocycles. The predicted molar refractivity (Wildman–Crippen MR) is 122 cm³/mol. The summed E-state index contributed by atoms with van der Waals surface area (Å²) in [5, 5.41) is 7.05. The number of hydrogen-bond acceptors (Lipinski definition) is 4. The van der Waals surface area contributed by atoms with Crippen molar-refractivity contribution in [2.24, 2.45) is 7.05 Å². The van der Waals surface area contributed by atoms with Gasteiger partial charge in [-0.2, -0.15) is 5.10 Å². The normalized spacial score (nSPS) is 11.1. The van der Waals surface area contributed by atoms with E-state index < -0.39 is 5.91 Å². The number of nitrogens with one attached hydrogen (secondary N) is 1. The average Bonchev–Trinajstić information content (AvgIpc) is 3.34. The molecule has 5 aromatic rings. The minimum Gasteiger partial charge on any atom is -0.316 e. The molecule has 158 valence electrons. The molecular weight excluding hydrogens is 404 g/mol. The highest BCUT2D eigenvalue weighted by Crippen LogP contribution is 2.20. The van der Waals surface area contributed by atoms with Crippen molar-refractivity contribution < 1.29 is 4.79 Å². The summed E-state index contributed by atoms with van der Waals surface area (Å²) in [5.74, 6) is -0.439. The van der Waals surface area contributed by atoms with Gasteiger partial charge in [0.15, 0.2) is 5.65 Å². The van der Waals surface area contributed by atoms with Crippen LogP contribution in [0.25, 0.3) is 22.5 Å². The smallest absolute Gasteiger partial charge is 0.295 e. The van der Waals surface area contributed by atoms with Gasteiger partial charge in [0.05, 0.1) is 17.6 Å². The van der Waals surface area contributed by atoms with Crippen LogP contribution in [0.15, 0.2) is 84.0 Å². The van der Waals surface area contributed by atoms with Crippen LogP contribution in [-0.4, -0.2) is 29.9 Å². The number of benzene rings is 2. The Morgan fingerprint density at radius 1 is 0.938 bits per heavy atom. The molecule has 0 unspecified atom stereocenters. The summed E-state index contributed by atoms with van der Waals surface area (Å²) in [4.78, 5) is 30.6. The van der Waals surface area contributed by atoms with E-state index in [9.17, 15) is 9.59 Å². The van der Waals surface area contributed by atoms with Gasteiger partial charge in [-0.25, -0.2) is 14.2 Å². The number of amides is 1. The zero-order valence-electron chi connectivity index (χ0n) is 17.6. The number of rotatable bonds is 4. The Bertz CT molecular complexity index is 1500. The second kappa shape index (κ2) is 7.66. The van der Waals surface area contributed by atoms with Crippen LogP contribution in [0.5, 0.6) is 0 Å². The highest BCUT2D eigenvalue weighted by atomic mass is 16.2. The van der Waals surface area contributed by atoms with Crippen LogP contribution < -0.4 is 10.9 Å². The number of carbonyl (C=O) groups is 1. The summed E-state index contributed by atoms with van der Waals surface area (Å²) in [7, 11) is 1.78. The number of aromatic nitrogens is 5. The maximum absolute atomic E-state index is 13.1. The van der Waals surface area contributed by atoms with Crippen molar-refractivity contribution in [1.82, 2.24) is 24.0 Å². The average molecular weight is 424 g/mol. The molecule has 1 N–H and O–H groups in total. The summed E-state index contributed by atoms with van der Waals surface area (Å²) in [6.07, 6.45) is 4.99. The van der Waals surface area contributed by atoms with Crippen LogP contribution in [0.2, 0.25) is 0 Å². The van der Waals surface area contributed by atoms with Gasteiger partial charge in [-0.3, -0.25) is 14.3 Å². The summed E-state index contributed by atoms with van der Waals surface area (Å²) < 4.78 is 4.80. The Morgan fingerprint density at radius 2 is 1.62 bits per heavy atom. The fourth-order valence-corrected chi connectivity index (χ4v) is 3.71. The van der Waals surface area contributed by atoms with Crippen molar-refractivity contribution in [3.8, 4) is 16.8 Å². The van der Waals surface area contributed by atoms with Gasteiger partial charge < -0.3 is 5.32 Å². The van der Waals surface area contributed by atoms with Crippen LogP contribution in [-0.2, 0) is 7.05 Å². The molecule has 32 heavy (non-hydrogen) atoms. The Hall–Kier alpha value is -4.46. The third-order valence-corrected chi connectivity index (χ3v) is 5.50. The largest absolute Gasteiger partial charge is 0.316 e.